The van der Waals surface area contributed by atoms with Crippen molar-refractivity contribution in [3.8, 4) is 0 Å². The summed E-state index contributed by atoms with van der Waals surface area (Å²) in [7, 11) is -3.57. The molecule has 0 radical (unpaired) electrons. The van der Waals surface area contributed by atoms with E-state index in [2.05, 4.69) is 9.98 Å². The van der Waals surface area contributed by atoms with Gasteiger partial charge in [0.05, 0.1) is 16.9 Å². The van der Waals surface area contributed by atoms with Crippen LogP contribution in [0.2, 0.25) is 0 Å². The van der Waals surface area contributed by atoms with Crippen LogP contribution in [0.1, 0.15) is 12.6 Å². The monoisotopic (exact) mass is 391 g/mol. The maximum absolute atomic E-state index is 13.0. The van der Waals surface area contributed by atoms with Crippen LogP contribution in [0.3, 0.4) is 0 Å². The van der Waals surface area contributed by atoms with E-state index in [1.807, 2.05) is 31.2 Å². The number of thioether (sulfide) groups is 1. The number of thiophene rings is 1. The molecule has 0 saturated heterocycles. The van der Waals surface area contributed by atoms with E-state index in [0.29, 0.717) is 16.4 Å². The molecule has 1 aliphatic heterocycles. The van der Waals surface area contributed by atoms with Crippen LogP contribution in [-0.2, 0) is 10.0 Å². The zero-order chi connectivity index (χ0) is 17.4. The van der Waals surface area contributed by atoms with E-state index in [9.17, 15) is 8.42 Å². The number of nitrogens with zero attached hydrogens (tertiary/aromatic N) is 2. The molecule has 0 aliphatic carbocycles. The first-order valence-electron chi connectivity index (χ1n) is 7.97. The summed E-state index contributed by atoms with van der Waals surface area (Å²) in [4.78, 5) is 7.89. The fourth-order valence-electron chi connectivity index (χ4n) is 2.95. The molecular formula is C17H17N3O2S3. The molecule has 4 rings (SSSR count). The molecule has 0 bridgehead atoms. The number of aromatic nitrogens is 1. The highest BCUT2D eigenvalue weighted by molar-refractivity contribution is 8.14. The number of H-pyrrole nitrogens is 1. The molecule has 0 spiro atoms. The number of rotatable bonds is 5. The summed E-state index contributed by atoms with van der Waals surface area (Å²) in [6, 6.07) is 11.2. The van der Waals surface area contributed by atoms with E-state index in [1.165, 1.54) is 15.6 Å². The summed E-state index contributed by atoms with van der Waals surface area (Å²) in [6.45, 7) is 3.05. The Morgan fingerprint density at radius 1 is 1.28 bits per heavy atom. The van der Waals surface area contributed by atoms with Gasteiger partial charge in [0, 0.05) is 24.2 Å². The fourth-order valence-corrected chi connectivity index (χ4v) is 6.36. The number of para-hydroxylation sites is 1. The second kappa shape index (κ2) is 6.51. The zero-order valence-electron chi connectivity index (χ0n) is 13.6. The third-order valence-electron chi connectivity index (χ3n) is 4.05. The fraction of sp³-hybridized carbons (Fsp3) is 0.235. The van der Waals surface area contributed by atoms with Crippen molar-refractivity contribution in [2.45, 2.75) is 11.1 Å². The van der Waals surface area contributed by atoms with Crippen LogP contribution in [0.5, 0.6) is 0 Å². The van der Waals surface area contributed by atoms with Crippen LogP contribution in [0, 0.1) is 0 Å². The van der Waals surface area contributed by atoms with E-state index < -0.39 is 10.0 Å². The smallest absolute Gasteiger partial charge is 0.273 e. The average molecular weight is 392 g/mol. The Bertz CT molecular complexity index is 1040. The molecule has 0 saturated carbocycles. The lowest BCUT2D eigenvalue weighted by molar-refractivity contribution is 0.594. The van der Waals surface area contributed by atoms with Crippen LogP contribution < -0.4 is 4.31 Å². The van der Waals surface area contributed by atoms with E-state index in [4.69, 9.17) is 0 Å². The maximum Gasteiger partial charge on any atom is 0.273 e. The molecule has 2 aromatic heterocycles. The number of benzene rings is 1. The second-order valence-electron chi connectivity index (χ2n) is 5.56. The van der Waals surface area contributed by atoms with Crippen molar-refractivity contribution >= 4 is 54.8 Å². The quantitative estimate of drug-likeness (QED) is 0.716. The van der Waals surface area contributed by atoms with Crippen molar-refractivity contribution in [3.05, 3.63) is 47.5 Å². The van der Waals surface area contributed by atoms with E-state index >= 15 is 0 Å². The Balaban J connectivity index is 1.84. The topological polar surface area (TPSA) is 65.5 Å². The van der Waals surface area contributed by atoms with Crippen LogP contribution in [0.4, 0.5) is 5.69 Å². The van der Waals surface area contributed by atoms with Gasteiger partial charge in [0.2, 0.25) is 0 Å². The minimum atomic E-state index is -3.57. The Morgan fingerprint density at radius 2 is 2.16 bits per heavy atom. The Morgan fingerprint density at radius 3 is 2.84 bits per heavy atom. The molecule has 3 heterocycles. The lowest BCUT2D eigenvalue weighted by Crippen LogP contribution is -2.30. The lowest BCUT2D eigenvalue weighted by atomic mass is 10.2. The van der Waals surface area contributed by atoms with E-state index in [-0.39, 0.29) is 0 Å². The highest BCUT2D eigenvalue weighted by Crippen LogP contribution is 2.33. The molecule has 0 atom stereocenters. The van der Waals surface area contributed by atoms with Crippen molar-refractivity contribution in [2.75, 3.05) is 23.1 Å². The van der Waals surface area contributed by atoms with Gasteiger partial charge in [-0.05, 0) is 30.5 Å². The predicted octanol–water partition coefficient (Wildman–Crippen LogP) is 3.94. The maximum atomic E-state index is 13.0. The van der Waals surface area contributed by atoms with Crippen molar-refractivity contribution < 1.29 is 8.42 Å². The van der Waals surface area contributed by atoms with Gasteiger partial charge in [0.1, 0.15) is 9.25 Å². The molecule has 3 aromatic rings. The van der Waals surface area contributed by atoms with Crippen LogP contribution in [0.25, 0.3) is 10.9 Å². The number of nitrogens with one attached hydrogen (secondary N) is 1. The predicted molar refractivity (Wildman–Crippen MR) is 107 cm³/mol. The molecule has 25 heavy (non-hydrogen) atoms. The first kappa shape index (κ1) is 16.7. The third kappa shape index (κ3) is 2.88. The third-order valence-corrected chi connectivity index (χ3v) is 8.32. The molecule has 8 heteroatoms. The van der Waals surface area contributed by atoms with Gasteiger partial charge in [-0.15, -0.1) is 23.1 Å². The summed E-state index contributed by atoms with van der Waals surface area (Å²) >= 11 is 2.96. The summed E-state index contributed by atoms with van der Waals surface area (Å²) in [5.74, 6) is 0.991. The Labute approximate surface area is 154 Å². The number of sulfonamides is 1. The van der Waals surface area contributed by atoms with Gasteiger partial charge in [-0.25, -0.2) is 8.42 Å². The molecule has 0 amide bonds. The number of aliphatic imine (C=N–C) groups is 1. The Hall–Kier alpha value is -1.77. The molecule has 130 valence electrons. The first-order chi connectivity index (χ1) is 12.1. The number of hydrogen-bond donors (Lipinski definition) is 1. The number of anilines is 1. The first-order valence-corrected chi connectivity index (χ1v) is 11.3. The van der Waals surface area contributed by atoms with Crippen LogP contribution in [-0.4, -0.2) is 37.3 Å². The normalized spacial score (nSPS) is 14.8. The van der Waals surface area contributed by atoms with Crippen LogP contribution >= 0.6 is 23.1 Å². The summed E-state index contributed by atoms with van der Waals surface area (Å²) in [5.41, 5.74) is 2.45. The SMILES string of the molecule is CCN(c1cccc2cc(C3=NCCS3)[nH]c12)S(=O)(=O)c1cccs1. The average Bonchev–Trinajstić information content (AvgIpc) is 3.34. The van der Waals surface area contributed by atoms with E-state index in [0.717, 1.165) is 33.9 Å². The molecule has 5 nitrogen and oxygen atoms in total. The van der Waals surface area contributed by atoms with Crippen molar-refractivity contribution in [1.29, 1.82) is 0 Å². The number of fused-ring (bicyclic) bond motifs is 1. The highest BCUT2D eigenvalue weighted by atomic mass is 32.2. The minimum absolute atomic E-state index is 0.355. The van der Waals surface area contributed by atoms with Crippen molar-refractivity contribution in [2.24, 2.45) is 4.99 Å². The van der Waals surface area contributed by atoms with E-state index in [1.54, 1.807) is 29.3 Å². The van der Waals surface area contributed by atoms with Gasteiger partial charge in [0.25, 0.3) is 10.0 Å². The zero-order valence-corrected chi connectivity index (χ0v) is 16.0. The lowest BCUT2D eigenvalue weighted by Gasteiger charge is -2.22. The summed E-state index contributed by atoms with van der Waals surface area (Å²) in [6.07, 6.45) is 0. The largest absolute Gasteiger partial charge is 0.351 e. The second-order valence-corrected chi connectivity index (χ2v) is 9.68. The van der Waals surface area contributed by atoms with Crippen LogP contribution in [0.15, 0.2) is 51.0 Å². The molecule has 1 aromatic carbocycles. The van der Waals surface area contributed by atoms with Crippen molar-refractivity contribution in [3.63, 3.8) is 0 Å². The van der Waals surface area contributed by atoms with Gasteiger partial charge >= 0.3 is 0 Å². The summed E-state index contributed by atoms with van der Waals surface area (Å²) < 4.78 is 27.9. The molecule has 0 unspecified atom stereocenters. The van der Waals surface area contributed by atoms with Gasteiger partial charge in [-0.1, -0.05) is 18.2 Å². The minimum Gasteiger partial charge on any atom is -0.351 e. The molecule has 1 aliphatic rings. The molecular weight excluding hydrogens is 374 g/mol. The summed E-state index contributed by atoms with van der Waals surface area (Å²) in [5, 5.41) is 3.76. The highest BCUT2D eigenvalue weighted by Gasteiger charge is 2.26. The number of hydrogen-bond acceptors (Lipinski definition) is 5. The van der Waals surface area contributed by atoms with Gasteiger partial charge in [0.15, 0.2) is 0 Å². The van der Waals surface area contributed by atoms with Gasteiger partial charge in [-0.3, -0.25) is 9.30 Å². The number of aromatic amines is 1. The molecule has 0 fully saturated rings. The van der Waals surface area contributed by atoms with Gasteiger partial charge in [-0.2, -0.15) is 0 Å². The van der Waals surface area contributed by atoms with Crippen molar-refractivity contribution in [1.82, 2.24) is 4.98 Å². The standard InChI is InChI=1S/C17H17N3O2S3/c1-2-20(25(21,22)15-7-4-9-23-15)14-6-3-5-12-11-13(19-16(12)14)17-18-8-10-24-17/h3-7,9,11,19H,2,8,10H2,1H3. The molecule has 1 N–H and O–H groups in total. The van der Waals surface area contributed by atoms with Gasteiger partial charge < -0.3 is 4.98 Å². The Kier molecular flexibility index (Phi) is 4.35.